The van der Waals surface area contributed by atoms with Crippen molar-refractivity contribution in [3.63, 3.8) is 0 Å². The van der Waals surface area contributed by atoms with Crippen LogP contribution in [0.2, 0.25) is 0 Å². The molecule has 13 heavy (non-hydrogen) atoms. The van der Waals surface area contributed by atoms with Crippen LogP contribution in [0.1, 0.15) is 19.3 Å². The summed E-state index contributed by atoms with van der Waals surface area (Å²) in [6.45, 7) is 3.35. The number of fused-ring (bicyclic) bond motifs is 1. The first-order valence-corrected chi connectivity index (χ1v) is 5.32. The van der Waals surface area contributed by atoms with Gasteiger partial charge in [-0.25, -0.2) is 0 Å². The highest BCUT2D eigenvalue weighted by molar-refractivity contribution is 5.08. The first-order chi connectivity index (χ1) is 6.20. The summed E-state index contributed by atoms with van der Waals surface area (Å²) < 4.78 is 0. The van der Waals surface area contributed by atoms with E-state index < -0.39 is 0 Å². The van der Waals surface area contributed by atoms with Crippen LogP contribution in [0.25, 0.3) is 0 Å². The van der Waals surface area contributed by atoms with Crippen molar-refractivity contribution in [3.05, 3.63) is 0 Å². The molecule has 3 nitrogen and oxygen atoms in total. The van der Waals surface area contributed by atoms with Crippen LogP contribution in [-0.2, 0) is 0 Å². The molecule has 2 unspecified atom stereocenters. The van der Waals surface area contributed by atoms with Gasteiger partial charge in [0.15, 0.2) is 0 Å². The Balaban J connectivity index is 2.20. The predicted molar refractivity (Wildman–Crippen MR) is 54.7 cm³/mol. The molecule has 0 aliphatic carbocycles. The lowest BCUT2D eigenvalue weighted by atomic mass is 9.87. The van der Waals surface area contributed by atoms with Gasteiger partial charge in [0, 0.05) is 24.7 Å². The van der Waals surface area contributed by atoms with Crippen LogP contribution in [-0.4, -0.2) is 55.1 Å². The van der Waals surface area contributed by atoms with Gasteiger partial charge in [-0.15, -0.1) is 0 Å². The molecular weight excluding hydrogens is 162 g/mol. The van der Waals surface area contributed by atoms with Crippen LogP contribution in [0, 0.1) is 0 Å². The molecule has 0 amide bonds. The number of rotatable bonds is 2. The molecule has 2 heterocycles. The van der Waals surface area contributed by atoms with Crippen LogP contribution in [0.5, 0.6) is 0 Å². The molecule has 2 aliphatic heterocycles. The van der Waals surface area contributed by atoms with E-state index in [0.29, 0.717) is 0 Å². The molecule has 2 rings (SSSR count). The van der Waals surface area contributed by atoms with Crippen LogP contribution >= 0.6 is 0 Å². The summed E-state index contributed by atoms with van der Waals surface area (Å²) in [5, 5.41) is 0. The van der Waals surface area contributed by atoms with Gasteiger partial charge >= 0.3 is 0 Å². The van der Waals surface area contributed by atoms with E-state index in [-0.39, 0.29) is 5.54 Å². The minimum absolute atomic E-state index is 0.274. The monoisotopic (exact) mass is 183 g/mol. The maximum atomic E-state index is 5.96. The molecule has 76 valence electrons. The van der Waals surface area contributed by atoms with Crippen molar-refractivity contribution < 1.29 is 0 Å². The van der Waals surface area contributed by atoms with Gasteiger partial charge in [-0.2, -0.15) is 0 Å². The Hall–Kier alpha value is -0.120. The summed E-state index contributed by atoms with van der Waals surface area (Å²) in [7, 11) is 4.35. The Morgan fingerprint density at radius 3 is 2.85 bits per heavy atom. The maximum Gasteiger partial charge on any atom is 0.0493 e. The Morgan fingerprint density at radius 1 is 1.46 bits per heavy atom. The van der Waals surface area contributed by atoms with E-state index in [2.05, 4.69) is 23.9 Å². The Kier molecular flexibility index (Phi) is 2.34. The smallest absolute Gasteiger partial charge is 0.0493 e. The molecule has 3 heteroatoms. The highest BCUT2D eigenvalue weighted by atomic mass is 15.3. The van der Waals surface area contributed by atoms with Gasteiger partial charge in [0.25, 0.3) is 0 Å². The lowest BCUT2D eigenvalue weighted by molar-refractivity contribution is 0.117. The van der Waals surface area contributed by atoms with E-state index in [9.17, 15) is 0 Å². The fourth-order valence-electron chi connectivity index (χ4n) is 3.15. The van der Waals surface area contributed by atoms with Crippen LogP contribution in [0.3, 0.4) is 0 Å². The maximum absolute atomic E-state index is 5.96. The van der Waals surface area contributed by atoms with Crippen LogP contribution in [0.15, 0.2) is 0 Å². The minimum atomic E-state index is 0.274. The molecule has 0 spiro atoms. The number of hydrogen-bond acceptors (Lipinski definition) is 3. The van der Waals surface area contributed by atoms with E-state index >= 15 is 0 Å². The van der Waals surface area contributed by atoms with Gasteiger partial charge in [0.05, 0.1) is 0 Å². The molecule has 0 saturated carbocycles. The molecule has 0 bridgehead atoms. The molecular formula is C10H21N3. The third-order valence-corrected chi connectivity index (χ3v) is 4.06. The highest BCUT2D eigenvalue weighted by Gasteiger charge is 2.49. The van der Waals surface area contributed by atoms with Crippen molar-refractivity contribution in [3.8, 4) is 0 Å². The zero-order valence-corrected chi connectivity index (χ0v) is 8.79. The number of nitrogens with two attached hydrogens (primary N) is 1. The van der Waals surface area contributed by atoms with Gasteiger partial charge in [-0.3, -0.25) is 4.90 Å². The van der Waals surface area contributed by atoms with Crippen molar-refractivity contribution in [1.82, 2.24) is 9.80 Å². The summed E-state index contributed by atoms with van der Waals surface area (Å²) in [4.78, 5) is 4.97. The SMILES string of the molecule is CN(C)C1(CN)CCN2CCCC21. The summed E-state index contributed by atoms with van der Waals surface area (Å²) in [6.07, 6.45) is 3.96. The molecule has 2 aliphatic rings. The largest absolute Gasteiger partial charge is 0.329 e. The summed E-state index contributed by atoms with van der Waals surface area (Å²) in [5.41, 5.74) is 6.23. The normalized spacial score (nSPS) is 40.2. The molecule has 0 radical (unpaired) electrons. The Bertz CT molecular complexity index is 193. The molecule has 2 saturated heterocycles. The standard InChI is InChI=1S/C10H21N3/c1-12(2)10(8-11)5-7-13-6-3-4-9(10)13/h9H,3-8,11H2,1-2H3. The third kappa shape index (κ3) is 1.22. The van der Waals surface area contributed by atoms with Gasteiger partial charge < -0.3 is 10.6 Å². The zero-order chi connectivity index (χ0) is 9.47. The summed E-state index contributed by atoms with van der Waals surface area (Å²) in [5.74, 6) is 0. The number of likely N-dealkylation sites (N-methyl/N-ethyl adjacent to an activating group) is 1. The van der Waals surface area contributed by atoms with Crippen molar-refractivity contribution in [2.75, 3.05) is 33.7 Å². The van der Waals surface area contributed by atoms with Crippen LogP contribution < -0.4 is 5.73 Å². The fourth-order valence-corrected chi connectivity index (χ4v) is 3.15. The third-order valence-electron chi connectivity index (χ3n) is 4.06. The topological polar surface area (TPSA) is 32.5 Å². The van der Waals surface area contributed by atoms with Crippen molar-refractivity contribution in [1.29, 1.82) is 0 Å². The molecule has 2 atom stereocenters. The second-order valence-corrected chi connectivity index (χ2v) is 4.65. The minimum Gasteiger partial charge on any atom is -0.329 e. The van der Waals surface area contributed by atoms with Crippen molar-refractivity contribution in [2.45, 2.75) is 30.8 Å². The average molecular weight is 183 g/mol. The fraction of sp³-hybridized carbons (Fsp3) is 1.00. The first kappa shape index (κ1) is 9.44. The highest BCUT2D eigenvalue weighted by Crippen LogP contribution is 2.38. The van der Waals surface area contributed by atoms with E-state index in [0.717, 1.165) is 12.6 Å². The molecule has 2 N–H and O–H groups in total. The van der Waals surface area contributed by atoms with E-state index in [1.54, 1.807) is 0 Å². The lowest BCUT2D eigenvalue weighted by Gasteiger charge is -2.40. The summed E-state index contributed by atoms with van der Waals surface area (Å²) in [6, 6.07) is 0.729. The van der Waals surface area contributed by atoms with Crippen LogP contribution in [0.4, 0.5) is 0 Å². The van der Waals surface area contributed by atoms with Gasteiger partial charge in [0.2, 0.25) is 0 Å². The number of hydrogen-bond donors (Lipinski definition) is 1. The van der Waals surface area contributed by atoms with Gasteiger partial charge in [0.1, 0.15) is 0 Å². The Morgan fingerprint density at radius 2 is 2.23 bits per heavy atom. The summed E-state index contributed by atoms with van der Waals surface area (Å²) >= 11 is 0. The van der Waals surface area contributed by atoms with E-state index in [4.69, 9.17) is 5.73 Å². The second-order valence-electron chi connectivity index (χ2n) is 4.65. The van der Waals surface area contributed by atoms with E-state index in [1.165, 1.54) is 32.4 Å². The molecule has 0 aromatic rings. The number of nitrogens with zero attached hydrogens (tertiary/aromatic N) is 2. The quantitative estimate of drug-likeness (QED) is 0.660. The Labute approximate surface area is 80.9 Å². The van der Waals surface area contributed by atoms with Crippen molar-refractivity contribution >= 4 is 0 Å². The molecule has 0 aromatic carbocycles. The predicted octanol–water partition coefficient (Wildman–Crippen LogP) is 0.114. The second kappa shape index (κ2) is 3.23. The lowest BCUT2D eigenvalue weighted by Crippen LogP contribution is -2.57. The zero-order valence-electron chi connectivity index (χ0n) is 8.79. The first-order valence-electron chi connectivity index (χ1n) is 5.32. The average Bonchev–Trinajstić information content (AvgIpc) is 2.62. The van der Waals surface area contributed by atoms with Gasteiger partial charge in [-0.05, 0) is 39.9 Å². The van der Waals surface area contributed by atoms with Gasteiger partial charge in [-0.1, -0.05) is 0 Å². The van der Waals surface area contributed by atoms with E-state index in [1.807, 2.05) is 0 Å². The molecule has 0 aromatic heterocycles. The van der Waals surface area contributed by atoms with Crippen molar-refractivity contribution in [2.24, 2.45) is 5.73 Å². The molecule has 2 fully saturated rings.